The molecule has 1 aliphatic heterocycles. The Morgan fingerprint density at radius 3 is 2.77 bits per heavy atom. The predicted octanol–water partition coefficient (Wildman–Crippen LogP) is 3.23. The van der Waals surface area contributed by atoms with Gasteiger partial charge in [0, 0.05) is 49.8 Å². The number of amides is 1. The van der Waals surface area contributed by atoms with Gasteiger partial charge < -0.3 is 23.8 Å². The van der Waals surface area contributed by atoms with Gasteiger partial charge in [0.1, 0.15) is 17.1 Å². The van der Waals surface area contributed by atoms with E-state index in [-0.39, 0.29) is 17.3 Å². The number of aromatic nitrogens is 3. The number of carbonyl (C=O) groups excluding carboxylic acids is 1. The Kier molecular flexibility index (Phi) is 5.59. The summed E-state index contributed by atoms with van der Waals surface area (Å²) in [6.45, 7) is 5.30. The van der Waals surface area contributed by atoms with Crippen LogP contribution in [0, 0.1) is 0 Å². The minimum Gasteiger partial charge on any atom is -0.496 e. The molecule has 0 saturated carbocycles. The average Bonchev–Trinajstić information content (AvgIpc) is 3.17. The summed E-state index contributed by atoms with van der Waals surface area (Å²) in [5, 5.41) is 2.73. The highest BCUT2D eigenvalue weighted by atomic mass is 16.5. The molecule has 1 amide bonds. The lowest BCUT2D eigenvalue weighted by atomic mass is 9.97. The minimum atomic E-state index is -0.409. The fourth-order valence-corrected chi connectivity index (χ4v) is 3.77. The average molecular weight is 410 g/mol. The van der Waals surface area contributed by atoms with Crippen molar-refractivity contribution in [2.75, 3.05) is 25.6 Å². The number of ether oxygens (including phenoxy) is 2. The maximum absolute atomic E-state index is 13.0. The molecule has 0 bridgehead atoms. The quantitative estimate of drug-likeness (QED) is 0.698. The monoisotopic (exact) mass is 410 g/mol. The molecular formula is C22H26N4O4. The van der Waals surface area contributed by atoms with E-state index >= 15 is 0 Å². The normalized spacial score (nSPS) is 14.9. The van der Waals surface area contributed by atoms with E-state index in [2.05, 4.69) is 5.32 Å². The van der Waals surface area contributed by atoms with Gasteiger partial charge in [-0.3, -0.25) is 9.59 Å². The van der Waals surface area contributed by atoms with E-state index in [1.165, 1.54) is 7.11 Å². The van der Waals surface area contributed by atoms with E-state index in [0.717, 1.165) is 31.7 Å². The molecular weight excluding hydrogens is 384 g/mol. The van der Waals surface area contributed by atoms with E-state index in [1.807, 2.05) is 24.4 Å². The summed E-state index contributed by atoms with van der Waals surface area (Å²) in [6, 6.07) is 5.09. The molecule has 1 N–H and O–H groups in total. The Hall–Kier alpha value is -3.13. The molecule has 1 fully saturated rings. The molecule has 0 spiro atoms. The molecule has 0 atom stereocenters. The molecule has 1 aliphatic rings. The van der Waals surface area contributed by atoms with Crippen LogP contribution in [0.1, 0.15) is 54.7 Å². The molecule has 30 heavy (non-hydrogen) atoms. The van der Waals surface area contributed by atoms with Crippen molar-refractivity contribution in [1.82, 2.24) is 14.0 Å². The zero-order valence-electron chi connectivity index (χ0n) is 17.4. The molecule has 8 nitrogen and oxygen atoms in total. The Morgan fingerprint density at radius 2 is 2.07 bits per heavy atom. The van der Waals surface area contributed by atoms with Gasteiger partial charge in [0.15, 0.2) is 0 Å². The summed E-state index contributed by atoms with van der Waals surface area (Å²) in [5.41, 5.74) is 2.02. The standard InChI is InChI=1S/C22H26N4O4/c1-14(2)26-8-4-5-17(22(26)28)24-21(27)16-12-25-13-18(15-6-9-30-10-7-15)23-20(25)11-19(16)29-3/h4-5,8,11-15H,6-7,9-10H2,1-3H3,(H,24,27). The Labute approximate surface area is 174 Å². The van der Waals surface area contributed by atoms with Crippen LogP contribution in [0.25, 0.3) is 5.65 Å². The highest BCUT2D eigenvalue weighted by molar-refractivity contribution is 6.06. The zero-order chi connectivity index (χ0) is 21.3. The van der Waals surface area contributed by atoms with Crippen molar-refractivity contribution in [3.05, 3.63) is 58.4 Å². The van der Waals surface area contributed by atoms with Gasteiger partial charge in [-0.2, -0.15) is 0 Å². The number of imidazole rings is 1. The van der Waals surface area contributed by atoms with Crippen LogP contribution in [0.15, 0.2) is 41.6 Å². The summed E-state index contributed by atoms with van der Waals surface area (Å²) in [7, 11) is 1.51. The maximum atomic E-state index is 13.0. The molecule has 0 aromatic carbocycles. The lowest BCUT2D eigenvalue weighted by molar-refractivity contribution is 0.0846. The van der Waals surface area contributed by atoms with Crippen molar-refractivity contribution in [2.45, 2.75) is 38.6 Å². The first-order valence-electron chi connectivity index (χ1n) is 10.1. The Balaban J connectivity index is 1.66. The minimum absolute atomic E-state index is 0.00482. The highest BCUT2D eigenvalue weighted by Crippen LogP contribution is 2.28. The first kappa shape index (κ1) is 20.2. The zero-order valence-corrected chi connectivity index (χ0v) is 17.4. The number of methoxy groups -OCH3 is 1. The lowest BCUT2D eigenvalue weighted by Gasteiger charge is -2.19. The summed E-state index contributed by atoms with van der Waals surface area (Å²) >= 11 is 0. The SMILES string of the molecule is COc1cc2nc(C3CCOCC3)cn2cc1C(=O)Nc1cccn(C(C)C)c1=O. The van der Waals surface area contributed by atoms with Crippen LogP contribution >= 0.6 is 0 Å². The van der Waals surface area contributed by atoms with Crippen molar-refractivity contribution in [3.63, 3.8) is 0 Å². The molecule has 0 unspecified atom stereocenters. The molecule has 0 aliphatic carbocycles. The number of hydrogen-bond acceptors (Lipinski definition) is 5. The predicted molar refractivity (Wildman–Crippen MR) is 114 cm³/mol. The molecule has 0 radical (unpaired) electrons. The maximum Gasteiger partial charge on any atom is 0.274 e. The van der Waals surface area contributed by atoms with Crippen molar-refractivity contribution < 1.29 is 14.3 Å². The lowest BCUT2D eigenvalue weighted by Crippen LogP contribution is -2.26. The molecule has 8 heteroatoms. The van der Waals surface area contributed by atoms with Crippen LogP contribution in [0.3, 0.4) is 0 Å². The van der Waals surface area contributed by atoms with Crippen LogP contribution in [0.5, 0.6) is 5.75 Å². The smallest absolute Gasteiger partial charge is 0.274 e. The van der Waals surface area contributed by atoms with Crippen molar-refractivity contribution in [3.8, 4) is 5.75 Å². The third-order valence-corrected chi connectivity index (χ3v) is 5.46. The van der Waals surface area contributed by atoms with Gasteiger partial charge in [-0.05, 0) is 38.8 Å². The van der Waals surface area contributed by atoms with Gasteiger partial charge in [-0.25, -0.2) is 4.98 Å². The van der Waals surface area contributed by atoms with Crippen molar-refractivity contribution in [1.29, 1.82) is 0 Å². The van der Waals surface area contributed by atoms with Gasteiger partial charge >= 0.3 is 0 Å². The van der Waals surface area contributed by atoms with Crippen molar-refractivity contribution in [2.24, 2.45) is 0 Å². The number of anilines is 1. The summed E-state index contributed by atoms with van der Waals surface area (Å²) < 4.78 is 14.3. The summed E-state index contributed by atoms with van der Waals surface area (Å²) in [6.07, 6.45) is 7.23. The second kappa shape index (κ2) is 8.31. The van der Waals surface area contributed by atoms with E-state index in [9.17, 15) is 9.59 Å². The molecule has 158 valence electrons. The number of hydrogen-bond donors (Lipinski definition) is 1. The number of carbonyl (C=O) groups is 1. The second-order valence-electron chi connectivity index (χ2n) is 7.76. The summed E-state index contributed by atoms with van der Waals surface area (Å²) in [4.78, 5) is 30.3. The molecule has 1 saturated heterocycles. The number of rotatable bonds is 5. The Morgan fingerprint density at radius 1 is 1.30 bits per heavy atom. The van der Waals surface area contributed by atoms with E-state index < -0.39 is 5.91 Å². The molecule has 3 aromatic rings. The molecule has 4 rings (SSSR count). The van der Waals surface area contributed by atoms with Crippen LogP contribution in [0.2, 0.25) is 0 Å². The fourth-order valence-electron chi connectivity index (χ4n) is 3.77. The van der Waals surface area contributed by atoms with Crippen LogP contribution in [0.4, 0.5) is 5.69 Å². The fraction of sp³-hybridized carbons (Fsp3) is 0.409. The van der Waals surface area contributed by atoms with Crippen LogP contribution in [-0.2, 0) is 4.74 Å². The number of fused-ring (bicyclic) bond motifs is 1. The van der Waals surface area contributed by atoms with E-state index in [1.54, 1.807) is 35.2 Å². The van der Waals surface area contributed by atoms with E-state index in [4.69, 9.17) is 14.5 Å². The van der Waals surface area contributed by atoms with Crippen LogP contribution < -0.4 is 15.6 Å². The number of pyridine rings is 2. The van der Waals surface area contributed by atoms with Gasteiger partial charge in [0.25, 0.3) is 11.5 Å². The third-order valence-electron chi connectivity index (χ3n) is 5.46. The van der Waals surface area contributed by atoms with Crippen LogP contribution in [-0.4, -0.2) is 40.2 Å². The van der Waals surface area contributed by atoms with Gasteiger partial charge in [-0.15, -0.1) is 0 Å². The third kappa shape index (κ3) is 3.82. The number of nitrogens with one attached hydrogen (secondary N) is 1. The van der Waals surface area contributed by atoms with Crippen molar-refractivity contribution >= 4 is 17.2 Å². The summed E-state index contributed by atoms with van der Waals surface area (Å²) in [5.74, 6) is 0.346. The Bertz CT molecular complexity index is 1130. The largest absolute Gasteiger partial charge is 0.496 e. The first-order chi connectivity index (χ1) is 14.5. The van der Waals surface area contributed by atoms with Gasteiger partial charge in [-0.1, -0.05) is 0 Å². The van der Waals surface area contributed by atoms with E-state index in [0.29, 0.717) is 22.9 Å². The van der Waals surface area contributed by atoms with Gasteiger partial charge in [0.05, 0.1) is 18.4 Å². The van der Waals surface area contributed by atoms with Gasteiger partial charge in [0.2, 0.25) is 0 Å². The first-order valence-corrected chi connectivity index (χ1v) is 10.1. The molecule has 4 heterocycles. The topological polar surface area (TPSA) is 86.9 Å². The molecule has 3 aromatic heterocycles. The highest BCUT2D eigenvalue weighted by Gasteiger charge is 2.21. The number of nitrogens with zero attached hydrogens (tertiary/aromatic N) is 3. The second-order valence-corrected chi connectivity index (χ2v) is 7.76.